The fourth-order valence-electron chi connectivity index (χ4n) is 3.89. The lowest BCUT2D eigenvalue weighted by Gasteiger charge is -2.14. The van der Waals surface area contributed by atoms with Crippen LogP contribution < -0.4 is 10.9 Å². The summed E-state index contributed by atoms with van der Waals surface area (Å²) in [4.78, 5) is 25.6. The van der Waals surface area contributed by atoms with Crippen molar-refractivity contribution >= 4 is 11.4 Å². The predicted molar refractivity (Wildman–Crippen MR) is 129 cm³/mol. The van der Waals surface area contributed by atoms with Crippen LogP contribution in [0.1, 0.15) is 37.2 Å². The Morgan fingerprint density at radius 2 is 1.76 bits per heavy atom. The van der Waals surface area contributed by atoms with E-state index in [2.05, 4.69) is 46.7 Å². The maximum absolute atomic E-state index is 13.0. The second kappa shape index (κ2) is 9.81. The Kier molecular flexibility index (Phi) is 6.68. The van der Waals surface area contributed by atoms with Crippen LogP contribution in [0.5, 0.6) is 0 Å². The number of hydrogen-bond donors (Lipinski definition) is 1. The van der Waals surface area contributed by atoms with Gasteiger partial charge in [-0.1, -0.05) is 61.5 Å². The molecule has 0 saturated carbocycles. The first-order valence-electron chi connectivity index (χ1n) is 11.3. The van der Waals surface area contributed by atoms with Crippen LogP contribution in [0.2, 0.25) is 0 Å². The molecule has 7 heteroatoms. The molecule has 170 valence electrons. The average molecular weight is 444 g/mol. The van der Waals surface area contributed by atoms with Crippen molar-refractivity contribution in [2.45, 2.75) is 52.6 Å². The molecule has 1 amide bonds. The van der Waals surface area contributed by atoms with Crippen LogP contribution in [0.4, 0.5) is 0 Å². The lowest BCUT2D eigenvalue weighted by Crippen LogP contribution is -2.39. The van der Waals surface area contributed by atoms with Gasteiger partial charge in [-0.3, -0.25) is 9.59 Å². The molecule has 1 N–H and O–H groups in total. The Bertz CT molecular complexity index is 1310. The molecular weight excluding hydrogens is 414 g/mol. The molecule has 0 aliphatic carbocycles. The molecule has 1 unspecified atom stereocenters. The minimum atomic E-state index is -0.336. The van der Waals surface area contributed by atoms with Crippen molar-refractivity contribution in [1.29, 1.82) is 0 Å². The molecule has 2 heterocycles. The molecule has 0 aliphatic heterocycles. The summed E-state index contributed by atoms with van der Waals surface area (Å²) < 4.78 is 2.76. The third-order valence-corrected chi connectivity index (χ3v) is 5.80. The molecule has 0 radical (unpaired) electrons. The average Bonchev–Trinajstić information content (AvgIpc) is 3.28. The molecule has 4 rings (SSSR count). The monoisotopic (exact) mass is 443 g/mol. The second-order valence-corrected chi connectivity index (χ2v) is 8.38. The SMILES string of the molecule is CCc1ccc(-c2cc3c(=O)n(CC(=O)NC(C)CCc4ccccc4)nc(C)n3n2)cc1. The van der Waals surface area contributed by atoms with Gasteiger partial charge in [-0.2, -0.15) is 10.2 Å². The van der Waals surface area contributed by atoms with Gasteiger partial charge in [0.05, 0.1) is 5.69 Å². The number of nitrogens with zero attached hydrogens (tertiary/aromatic N) is 4. The molecule has 2 aromatic heterocycles. The zero-order chi connectivity index (χ0) is 23.4. The van der Waals surface area contributed by atoms with Crippen LogP contribution in [0.15, 0.2) is 65.5 Å². The van der Waals surface area contributed by atoms with E-state index < -0.39 is 0 Å². The van der Waals surface area contributed by atoms with E-state index in [9.17, 15) is 9.59 Å². The smallest absolute Gasteiger partial charge is 0.293 e. The maximum atomic E-state index is 13.0. The van der Waals surface area contributed by atoms with E-state index in [0.29, 0.717) is 17.0 Å². The Balaban J connectivity index is 1.47. The summed E-state index contributed by atoms with van der Waals surface area (Å²) in [5, 5.41) is 11.9. The number of nitrogens with one attached hydrogen (secondary N) is 1. The van der Waals surface area contributed by atoms with Gasteiger partial charge < -0.3 is 5.32 Å². The van der Waals surface area contributed by atoms with Gasteiger partial charge in [0.1, 0.15) is 17.9 Å². The van der Waals surface area contributed by atoms with Crippen LogP contribution in [0, 0.1) is 6.92 Å². The number of hydrogen-bond acceptors (Lipinski definition) is 4. The zero-order valence-electron chi connectivity index (χ0n) is 19.3. The molecule has 0 spiro atoms. The van der Waals surface area contributed by atoms with Crippen LogP contribution in [-0.4, -0.2) is 31.3 Å². The van der Waals surface area contributed by atoms with Gasteiger partial charge in [-0.25, -0.2) is 9.20 Å². The van der Waals surface area contributed by atoms with Crippen LogP contribution >= 0.6 is 0 Å². The van der Waals surface area contributed by atoms with Crippen molar-refractivity contribution in [2.24, 2.45) is 0 Å². The summed E-state index contributed by atoms with van der Waals surface area (Å²) in [6.45, 7) is 5.73. The number of fused-ring (bicyclic) bond motifs is 1. The summed E-state index contributed by atoms with van der Waals surface area (Å²) in [7, 11) is 0. The minimum absolute atomic E-state index is 0.00843. The van der Waals surface area contributed by atoms with E-state index in [1.54, 1.807) is 17.5 Å². The van der Waals surface area contributed by atoms with E-state index in [1.807, 2.05) is 37.3 Å². The quantitative estimate of drug-likeness (QED) is 0.451. The van der Waals surface area contributed by atoms with E-state index in [-0.39, 0.29) is 24.1 Å². The fraction of sp³-hybridized carbons (Fsp3) is 0.308. The van der Waals surface area contributed by atoms with Gasteiger partial charge in [0.25, 0.3) is 5.56 Å². The highest BCUT2D eigenvalue weighted by atomic mass is 16.2. The molecule has 0 fully saturated rings. The van der Waals surface area contributed by atoms with E-state index in [4.69, 9.17) is 0 Å². The number of carbonyl (C=O) groups is 1. The molecule has 0 bridgehead atoms. The number of aromatic nitrogens is 4. The van der Waals surface area contributed by atoms with Gasteiger partial charge >= 0.3 is 0 Å². The first kappa shape index (κ1) is 22.5. The van der Waals surface area contributed by atoms with Crippen molar-refractivity contribution in [3.8, 4) is 11.3 Å². The molecule has 7 nitrogen and oxygen atoms in total. The van der Waals surface area contributed by atoms with Gasteiger partial charge in [0.2, 0.25) is 5.91 Å². The molecule has 4 aromatic rings. The summed E-state index contributed by atoms with van der Waals surface area (Å²) in [6.07, 6.45) is 2.66. The Morgan fingerprint density at radius 1 is 1.03 bits per heavy atom. The first-order valence-corrected chi connectivity index (χ1v) is 11.3. The lowest BCUT2D eigenvalue weighted by atomic mass is 10.1. The molecule has 0 aliphatic rings. The lowest BCUT2D eigenvalue weighted by molar-refractivity contribution is -0.122. The molecule has 1 atom stereocenters. The van der Waals surface area contributed by atoms with E-state index in [1.165, 1.54) is 15.8 Å². The third-order valence-electron chi connectivity index (χ3n) is 5.80. The molecule has 2 aromatic carbocycles. The maximum Gasteiger partial charge on any atom is 0.293 e. The standard InChI is InChI=1S/C26H29N5O2/c1-4-20-12-14-22(15-13-20)23-16-24-26(33)30(28-19(3)31(24)29-23)17-25(32)27-18(2)10-11-21-8-6-5-7-9-21/h5-9,12-16,18H,4,10-11,17H2,1-3H3,(H,27,32). The topological polar surface area (TPSA) is 81.3 Å². The van der Waals surface area contributed by atoms with E-state index >= 15 is 0 Å². The predicted octanol–water partition coefficient (Wildman–Crippen LogP) is 3.57. The molecule has 0 saturated heterocycles. The highest BCUT2D eigenvalue weighted by Gasteiger charge is 2.16. The van der Waals surface area contributed by atoms with Crippen LogP contribution in [0.25, 0.3) is 16.8 Å². The molecule has 33 heavy (non-hydrogen) atoms. The Morgan fingerprint density at radius 3 is 2.45 bits per heavy atom. The second-order valence-electron chi connectivity index (χ2n) is 8.38. The van der Waals surface area contributed by atoms with Gasteiger partial charge in [-0.05, 0) is 50.3 Å². The largest absolute Gasteiger partial charge is 0.352 e. The van der Waals surface area contributed by atoms with Gasteiger partial charge in [0.15, 0.2) is 0 Å². The number of rotatable bonds is 8. The highest BCUT2D eigenvalue weighted by molar-refractivity contribution is 5.76. The van der Waals surface area contributed by atoms with Crippen LogP contribution in [0.3, 0.4) is 0 Å². The number of aryl methyl sites for hydroxylation is 3. The number of amides is 1. The van der Waals surface area contributed by atoms with Gasteiger partial charge in [-0.15, -0.1) is 0 Å². The summed E-state index contributed by atoms with van der Waals surface area (Å²) >= 11 is 0. The van der Waals surface area contributed by atoms with Crippen molar-refractivity contribution in [3.63, 3.8) is 0 Å². The fourth-order valence-corrected chi connectivity index (χ4v) is 3.89. The molecular formula is C26H29N5O2. The van der Waals surface area contributed by atoms with Crippen molar-refractivity contribution < 1.29 is 4.79 Å². The van der Waals surface area contributed by atoms with Crippen molar-refractivity contribution in [3.05, 3.63) is 88.0 Å². The summed E-state index contributed by atoms with van der Waals surface area (Å²) in [6, 6.07) is 20.1. The number of carbonyl (C=O) groups excluding carboxylic acids is 1. The van der Waals surface area contributed by atoms with Crippen molar-refractivity contribution in [2.75, 3.05) is 0 Å². The first-order chi connectivity index (χ1) is 15.9. The third kappa shape index (κ3) is 5.19. The zero-order valence-corrected chi connectivity index (χ0v) is 19.3. The Labute approximate surface area is 193 Å². The minimum Gasteiger partial charge on any atom is -0.352 e. The van der Waals surface area contributed by atoms with Crippen molar-refractivity contribution in [1.82, 2.24) is 24.7 Å². The van der Waals surface area contributed by atoms with Crippen LogP contribution in [-0.2, 0) is 24.2 Å². The highest BCUT2D eigenvalue weighted by Crippen LogP contribution is 2.19. The summed E-state index contributed by atoms with van der Waals surface area (Å²) in [5.74, 6) is 0.315. The normalized spacial score (nSPS) is 12.1. The Hall–Kier alpha value is -3.74. The number of benzene rings is 2. The summed E-state index contributed by atoms with van der Waals surface area (Å²) in [5.41, 5.74) is 4.19. The van der Waals surface area contributed by atoms with Gasteiger partial charge in [0, 0.05) is 11.6 Å². The van der Waals surface area contributed by atoms with E-state index in [0.717, 1.165) is 24.8 Å².